The Labute approximate surface area is 119 Å². The van der Waals surface area contributed by atoms with Crippen LogP contribution >= 0.6 is 0 Å². The van der Waals surface area contributed by atoms with E-state index in [-0.39, 0.29) is 26.1 Å². The van der Waals surface area contributed by atoms with Gasteiger partial charge in [0.05, 0.1) is 5.56 Å². The van der Waals surface area contributed by atoms with Gasteiger partial charge in [-0.3, -0.25) is 5.21 Å². The summed E-state index contributed by atoms with van der Waals surface area (Å²) in [5.74, 6) is -6.67. The molecule has 0 saturated heterocycles. The SMILES string of the molecule is OC1=C(O)C(O)N(O)c2c(O)c(O)c(O)c(O)c21.[Mo]. The fourth-order valence-corrected chi connectivity index (χ4v) is 1.62. The molecule has 0 saturated carbocycles. The largest absolute Gasteiger partial charge is 0.505 e. The molecule has 104 valence electrons. The van der Waals surface area contributed by atoms with Crippen molar-refractivity contribution in [2.24, 2.45) is 0 Å². The van der Waals surface area contributed by atoms with Crippen LogP contribution in [0.15, 0.2) is 5.76 Å². The van der Waals surface area contributed by atoms with E-state index in [2.05, 4.69) is 0 Å². The van der Waals surface area contributed by atoms with Crippen LogP contribution in [0.4, 0.5) is 5.69 Å². The molecule has 1 unspecified atom stereocenters. The third-order valence-electron chi connectivity index (χ3n) is 2.56. The van der Waals surface area contributed by atoms with Crippen molar-refractivity contribution in [2.45, 2.75) is 6.23 Å². The van der Waals surface area contributed by atoms with E-state index >= 15 is 0 Å². The zero-order valence-electron chi connectivity index (χ0n) is 9.01. The molecule has 0 amide bonds. The van der Waals surface area contributed by atoms with Crippen LogP contribution in [0.25, 0.3) is 5.76 Å². The average molecular weight is 355 g/mol. The van der Waals surface area contributed by atoms with Crippen molar-refractivity contribution in [2.75, 3.05) is 5.06 Å². The average Bonchev–Trinajstić information content (AvgIpc) is 2.35. The number of aliphatic hydroxyl groups excluding tert-OH is 3. The molecule has 8 N–H and O–H groups in total. The van der Waals surface area contributed by atoms with E-state index in [0.29, 0.717) is 0 Å². The molecular weight excluding hydrogens is 346 g/mol. The number of hydrogen-bond donors (Lipinski definition) is 8. The molecule has 10 heteroatoms. The van der Waals surface area contributed by atoms with Crippen molar-refractivity contribution in [3.8, 4) is 23.0 Å². The van der Waals surface area contributed by atoms with Gasteiger partial charge in [0.25, 0.3) is 0 Å². The van der Waals surface area contributed by atoms with E-state index in [1.165, 1.54) is 0 Å². The Hall–Kier alpha value is -1.83. The molecule has 0 fully saturated rings. The second-order valence-electron chi connectivity index (χ2n) is 3.57. The van der Waals surface area contributed by atoms with Crippen LogP contribution in [-0.4, -0.2) is 47.2 Å². The third-order valence-corrected chi connectivity index (χ3v) is 2.56. The Morgan fingerprint density at radius 3 is 1.79 bits per heavy atom. The van der Waals surface area contributed by atoms with Crippen molar-refractivity contribution in [1.29, 1.82) is 0 Å². The molecule has 1 heterocycles. The predicted octanol–water partition coefficient (Wildman–Crippen LogP) is -0.181. The number of phenols is 4. The Kier molecular flexibility index (Phi) is 3.76. The summed E-state index contributed by atoms with van der Waals surface area (Å²) < 4.78 is 0. The smallest absolute Gasteiger partial charge is 0.213 e. The van der Waals surface area contributed by atoms with E-state index in [1.807, 2.05) is 0 Å². The van der Waals surface area contributed by atoms with E-state index < -0.39 is 52.0 Å². The summed E-state index contributed by atoms with van der Waals surface area (Å²) >= 11 is 0. The van der Waals surface area contributed by atoms with E-state index in [1.54, 1.807) is 0 Å². The van der Waals surface area contributed by atoms with Crippen LogP contribution in [0, 0.1) is 0 Å². The molecule has 19 heavy (non-hydrogen) atoms. The number of aliphatic hydroxyl groups is 3. The van der Waals surface area contributed by atoms with E-state index in [0.717, 1.165) is 0 Å². The number of benzene rings is 1. The molecule has 0 aliphatic carbocycles. The van der Waals surface area contributed by atoms with E-state index in [4.69, 9.17) is 0 Å². The molecule has 0 aromatic heterocycles. The van der Waals surface area contributed by atoms with E-state index in [9.17, 15) is 41.0 Å². The topological polar surface area (TPSA) is 165 Å². The Morgan fingerprint density at radius 1 is 0.789 bits per heavy atom. The molecule has 1 aliphatic heterocycles. The summed E-state index contributed by atoms with van der Waals surface area (Å²) in [4.78, 5) is 0. The summed E-state index contributed by atoms with van der Waals surface area (Å²) in [5.41, 5.74) is -1.52. The number of phenolic OH excluding ortho intramolecular Hbond substituents is 4. The first-order valence-electron chi connectivity index (χ1n) is 4.57. The number of anilines is 1. The standard InChI is InChI=1S/C9H9NO8.Mo/c11-3-1-2(5(13)7(15)6(3)14)10(18)9(17)8(16)4(1)12;/h9,11-18H;. The molecule has 9 nitrogen and oxygen atoms in total. The quantitative estimate of drug-likeness (QED) is 0.179. The predicted molar refractivity (Wildman–Crippen MR) is 55.6 cm³/mol. The van der Waals surface area contributed by atoms with Gasteiger partial charge in [-0.25, -0.2) is 5.06 Å². The zero-order chi connectivity index (χ0) is 13.8. The van der Waals surface area contributed by atoms with Gasteiger partial charge >= 0.3 is 0 Å². The first-order chi connectivity index (χ1) is 8.29. The van der Waals surface area contributed by atoms with Crippen LogP contribution in [0.5, 0.6) is 23.0 Å². The molecule has 2 rings (SSSR count). The first kappa shape index (κ1) is 15.2. The molecule has 1 atom stereocenters. The Balaban J connectivity index is 0.00000180. The van der Waals surface area contributed by atoms with Crippen molar-refractivity contribution >= 4 is 11.4 Å². The third kappa shape index (κ3) is 1.83. The number of nitrogens with zero attached hydrogens (tertiary/aromatic N) is 1. The molecule has 0 bridgehead atoms. The van der Waals surface area contributed by atoms with Gasteiger partial charge < -0.3 is 35.7 Å². The summed E-state index contributed by atoms with van der Waals surface area (Å²) in [5, 5.41) is 75.0. The molecule has 0 spiro atoms. The minimum atomic E-state index is -2.10. The fraction of sp³-hybridized carbons (Fsp3) is 0.111. The van der Waals surface area contributed by atoms with Gasteiger partial charge in [0.2, 0.25) is 17.7 Å². The monoisotopic (exact) mass is 357 g/mol. The molecular formula is C9H9MoNO8. The van der Waals surface area contributed by atoms with Gasteiger partial charge in [-0.1, -0.05) is 0 Å². The molecule has 1 aromatic carbocycles. The van der Waals surface area contributed by atoms with Crippen molar-refractivity contribution in [1.82, 2.24) is 0 Å². The van der Waals surface area contributed by atoms with Gasteiger partial charge in [0, 0.05) is 21.1 Å². The van der Waals surface area contributed by atoms with Gasteiger partial charge in [0.15, 0.2) is 23.0 Å². The molecule has 0 radical (unpaired) electrons. The second kappa shape index (κ2) is 4.69. The summed E-state index contributed by atoms with van der Waals surface area (Å²) in [6, 6.07) is 0. The number of aromatic hydroxyl groups is 4. The Bertz CT molecular complexity index is 572. The number of hydrogen-bond acceptors (Lipinski definition) is 9. The molecule has 1 aromatic rings. The molecule has 1 aliphatic rings. The van der Waals surface area contributed by atoms with Gasteiger partial charge in [0.1, 0.15) is 5.69 Å². The van der Waals surface area contributed by atoms with Gasteiger partial charge in [-0.2, -0.15) is 0 Å². The van der Waals surface area contributed by atoms with Crippen molar-refractivity contribution in [3.05, 3.63) is 11.3 Å². The summed E-state index contributed by atoms with van der Waals surface area (Å²) in [6.45, 7) is 0. The van der Waals surface area contributed by atoms with Crippen LogP contribution < -0.4 is 5.06 Å². The van der Waals surface area contributed by atoms with Gasteiger partial charge in [-0.15, -0.1) is 0 Å². The number of fused-ring (bicyclic) bond motifs is 1. The maximum Gasteiger partial charge on any atom is 0.213 e. The van der Waals surface area contributed by atoms with Crippen LogP contribution in [0.3, 0.4) is 0 Å². The second-order valence-corrected chi connectivity index (χ2v) is 3.57. The van der Waals surface area contributed by atoms with Crippen LogP contribution in [0.1, 0.15) is 5.56 Å². The van der Waals surface area contributed by atoms with Gasteiger partial charge in [-0.05, 0) is 0 Å². The van der Waals surface area contributed by atoms with Crippen molar-refractivity contribution in [3.63, 3.8) is 0 Å². The number of hydroxylamine groups is 1. The fourth-order valence-electron chi connectivity index (χ4n) is 1.62. The Morgan fingerprint density at radius 2 is 1.26 bits per heavy atom. The minimum Gasteiger partial charge on any atom is -0.505 e. The summed E-state index contributed by atoms with van der Waals surface area (Å²) in [6.07, 6.45) is -2.10. The zero-order valence-corrected chi connectivity index (χ0v) is 11.0. The number of rotatable bonds is 0. The summed E-state index contributed by atoms with van der Waals surface area (Å²) in [7, 11) is 0. The van der Waals surface area contributed by atoms with Crippen molar-refractivity contribution < 1.29 is 62.0 Å². The minimum absolute atomic E-state index is 0. The maximum atomic E-state index is 9.51. The van der Waals surface area contributed by atoms with Crippen LogP contribution in [0.2, 0.25) is 0 Å². The van der Waals surface area contributed by atoms with Crippen LogP contribution in [-0.2, 0) is 21.1 Å². The normalized spacial score (nSPS) is 18.0. The maximum absolute atomic E-state index is 9.51. The first-order valence-corrected chi connectivity index (χ1v) is 4.57.